The number of esters is 1. The molecule has 0 saturated heterocycles. The Morgan fingerprint density at radius 3 is 2.32 bits per heavy atom. The third kappa shape index (κ3) is 10.2. The van der Waals surface area contributed by atoms with Crippen LogP contribution in [0.3, 0.4) is 0 Å². The summed E-state index contributed by atoms with van der Waals surface area (Å²) in [4.78, 5) is 32.9. The lowest BCUT2D eigenvalue weighted by Crippen LogP contribution is -2.29. The Morgan fingerprint density at radius 2 is 1.89 bits per heavy atom. The van der Waals surface area contributed by atoms with Gasteiger partial charge in [-0.15, -0.1) is 0 Å². The number of carboxylic acid groups (broad SMARTS) is 1. The van der Waals surface area contributed by atoms with Gasteiger partial charge in [0.1, 0.15) is 11.9 Å². The number of ketones is 1. The number of carboxylic acids is 1. The van der Waals surface area contributed by atoms with Crippen molar-refractivity contribution in [2.75, 3.05) is 7.11 Å². The maximum atomic E-state index is 11.5. The molecule has 114 valence electrons. The predicted molar refractivity (Wildman–Crippen MR) is 72.0 cm³/mol. The minimum Gasteiger partial charge on any atom is -0.481 e. The number of aliphatic carboxylic acids is 1. The minimum atomic E-state index is -1.04. The average molecular weight is 279 g/mol. The summed E-state index contributed by atoms with van der Waals surface area (Å²) in [6, 6.07) is 0. The molecule has 19 heavy (non-hydrogen) atoms. The Hall–Kier alpha value is -1.43. The maximum absolute atomic E-state index is 11.5. The van der Waals surface area contributed by atoms with Crippen molar-refractivity contribution in [1.82, 2.24) is 0 Å². The van der Waals surface area contributed by atoms with E-state index >= 15 is 0 Å². The maximum Gasteiger partial charge on any atom is 0.335 e. The van der Waals surface area contributed by atoms with E-state index in [1.54, 1.807) is 0 Å². The smallest absolute Gasteiger partial charge is 0.335 e. The van der Waals surface area contributed by atoms with Crippen molar-refractivity contribution >= 4 is 17.7 Å². The van der Waals surface area contributed by atoms with Crippen LogP contribution in [-0.2, 0) is 23.9 Å². The summed E-state index contributed by atoms with van der Waals surface area (Å²) in [5.41, 5.74) is 0. The highest BCUT2D eigenvalue weighted by atomic mass is 16.6. The van der Waals surface area contributed by atoms with Gasteiger partial charge in [0, 0.05) is 15.0 Å². The van der Waals surface area contributed by atoms with Crippen LogP contribution in [0.5, 0.6) is 0 Å². The van der Waals surface area contributed by atoms with Gasteiger partial charge in [0.15, 0.2) is 6.10 Å². The highest BCUT2D eigenvalue weighted by Crippen LogP contribution is 2.11. The van der Waals surface area contributed by atoms with Gasteiger partial charge in [-0.25, -0.2) is 4.79 Å². The van der Waals surface area contributed by atoms with E-state index in [2.05, 4.69) is 0 Å². The lowest BCUT2D eigenvalue weighted by Gasteiger charge is -2.18. The summed E-state index contributed by atoms with van der Waals surface area (Å²) in [5.74, 6) is -1.60. The molecule has 0 aromatic carbocycles. The van der Waals surface area contributed by atoms with Gasteiger partial charge in [-0.05, 0) is 26.7 Å². The van der Waals surface area contributed by atoms with Crippen molar-refractivity contribution in [3.63, 3.8) is 0 Å². The molecule has 0 aromatic rings. The van der Waals surface area contributed by atoms with Crippen molar-refractivity contribution in [2.45, 2.75) is 59.2 Å². The van der Waals surface area contributed by atoms with Gasteiger partial charge in [-0.1, -0.05) is 7.43 Å². The van der Waals surface area contributed by atoms with E-state index in [-0.39, 0.29) is 21.1 Å². The zero-order valence-corrected chi connectivity index (χ0v) is 11.0. The van der Waals surface area contributed by atoms with Gasteiger partial charge in [0.2, 0.25) is 0 Å². The number of rotatable bonds is 9. The van der Waals surface area contributed by atoms with Crippen LogP contribution in [0.25, 0.3) is 0 Å². The molecule has 0 aliphatic carbocycles. The monoisotopic (exact) mass is 279 g/mol. The normalized spacial score (nSPS) is 13.0. The fraction of sp³-hybridized carbons (Fsp3) is 0.769. The van der Waals surface area contributed by atoms with Crippen molar-refractivity contribution in [3.05, 3.63) is 0 Å². The molecule has 0 aliphatic rings. The first-order valence-electron chi connectivity index (χ1n) is 5.81. The zero-order chi connectivity index (χ0) is 14.1. The molecule has 6 nitrogen and oxygen atoms in total. The van der Waals surface area contributed by atoms with Crippen molar-refractivity contribution in [3.8, 4) is 0 Å². The number of hydrogen-bond donors (Lipinski definition) is 1. The second-order valence-electron chi connectivity index (χ2n) is 4.13. The topological polar surface area (TPSA) is 89.9 Å². The number of ether oxygens (including phenoxy) is 2. The van der Waals surface area contributed by atoms with Gasteiger partial charge in [-0.3, -0.25) is 4.79 Å². The van der Waals surface area contributed by atoms with Gasteiger partial charge >= 0.3 is 11.9 Å². The van der Waals surface area contributed by atoms with Crippen LogP contribution in [0.2, 0.25) is 0 Å². The molecule has 0 rings (SSSR count). The van der Waals surface area contributed by atoms with Crippen LogP contribution < -0.4 is 0 Å². The minimum absolute atomic E-state index is 0. The molecular formula is C13H26O6. The highest BCUT2D eigenvalue weighted by Gasteiger charge is 2.21. The predicted octanol–water partition coefficient (Wildman–Crippen LogP) is 2.05. The molecule has 0 bridgehead atoms. The first-order chi connectivity index (χ1) is 8.36. The van der Waals surface area contributed by atoms with Crippen LogP contribution in [0.1, 0.15) is 48.4 Å². The van der Waals surface area contributed by atoms with Gasteiger partial charge in [0.25, 0.3) is 0 Å². The number of carbonyl (C=O) groups excluding carboxylic acids is 2. The van der Waals surface area contributed by atoms with Crippen LogP contribution in [-0.4, -0.2) is 42.1 Å². The molecule has 0 fully saturated rings. The van der Waals surface area contributed by atoms with Crippen molar-refractivity contribution < 1.29 is 30.4 Å². The summed E-state index contributed by atoms with van der Waals surface area (Å²) < 4.78 is 9.82. The lowest BCUT2D eigenvalue weighted by molar-refractivity contribution is -0.162. The summed E-state index contributed by atoms with van der Waals surface area (Å²) in [5, 5.41) is 8.71. The fourth-order valence-electron chi connectivity index (χ4n) is 1.33. The van der Waals surface area contributed by atoms with Crippen molar-refractivity contribution in [1.29, 1.82) is 0 Å². The Bertz CT molecular complexity index is 305. The standard InChI is InChI=1S/C12H20O6.CH4.H2/c1-8(13)5-4-6-10(7-11(14)15)18-12(16)9(2)17-3;;/h9-10H,4-7H2,1-3H3,(H,14,15);1H4;1H/i;;1+1. The molecule has 0 heterocycles. The summed E-state index contributed by atoms with van der Waals surface area (Å²) in [7, 11) is 1.37. The third-order valence-corrected chi connectivity index (χ3v) is 2.43. The van der Waals surface area contributed by atoms with Crippen molar-refractivity contribution in [2.24, 2.45) is 0 Å². The highest BCUT2D eigenvalue weighted by molar-refractivity contribution is 5.76. The Labute approximate surface area is 115 Å². The van der Waals surface area contributed by atoms with E-state index < -0.39 is 24.1 Å². The van der Waals surface area contributed by atoms with Crippen LogP contribution in [0.4, 0.5) is 0 Å². The average Bonchev–Trinajstić information content (AvgIpc) is 2.26. The number of Topliss-reactive ketones (excluding diaryl/α,β-unsaturated/α-hetero) is 1. The number of methoxy groups -OCH3 is 1. The molecule has 0 aliphatic heterocycles. The summed E-state index contributed by atoms with van der Waals surface area (Å²) in [6.45, 7) is 2.99. The summed E-state index contributed by atoms with van der Waals surface area (Å²) >= 11 is 0. The molecule has 0 radical (unpaired) electrons. The zero-order valence-electron chi connectivity index (χ0n) is 11.0. The second kappa shape index (κ2) is 10.5. The molecular weight excluding hydrogens is 252 g/mol. The van der Waals surface area contributed by atoms with Gasteiger partial charge in [0.05, 0.1) is 6.42 Å². The molecule has 0 saturated carbocycles. The molecule has 0 amide bonds. The third-order valence-electron chi connectivity index (χ3n) is 2.43. The van der Waals surface area contributed by atoms with E-state index in [1.807, 2.05) is 0 Å². The number of carbonyl (C=O) groups is 3. The second-order valence-corrected chi connectivity index (χ2v) is 4.13. The Balaban J connectivity index is -0.00000144. The fourth-order valence-corrected chi connectivity index (χ4v) is 1.33. The Kier molecular flexibility index (Phi) is 11.0. The first-order valence-corrected chi connectivity index (χ1v) is 5.81. The molecule has 2 atom stereocenters. The molecule has 0 aromatic heterocycles. The molecule has 2 unspecified atom stereocenters. The molecule has 0 spiro atoms. The molecule has 1 N–H and O–H groups in total. The first kappa shape index (κ1) is 19.9. The lowest BCUT2D eigenvalue weighted by atomic mass is 10.1. The van der Waals surface area contributed by atoms with Gasteiger partial charge in [-0.2, -0.15) is 0 Å². The van der Waals surface area contributed by atoms with E-state index in [4.69, 9.17) is 14.6 Å². The van der Waals surface area contributed by atoms with E-state index in [0.717, 1.165) is 0 Å². The van der Waals surface area contributed by atoms with Crippen LogP contribution in [0, 0.1) is 0 Å². The van der Waals surface area contributed by atoms with E-state index in [1.165, 1.54) is 21.0 Å². The van der Waals surface area contributed by atoms with Crippen LogP contribution in [0.15, 0.2) is 0 Å². The van der Waals surface area contributed by atoms with E-state index in [9.17, 15) is 14.4 Å². The number of hydrogen-bond acceptors (Lipinski definition) is 5. The largest absolute Gasteiger partial charge is 0.481 e. The SMILES string of the molecule is C.COC(C)C(=O)OC(CCCC(C)=O)CC(=O)O.[2HH]. The van der Waals surface area contributed by atoms with Gasteiger partial charge < -0.3 is 19.4 Å². The van der Waals surface area contributed by atoms with E-state index in [0.29, 0.717) is 19.3 Å². The summed E-state index contributed by atoms with van der Waals surface area (Å²) in [6.07, 6.45) is -0.495. The Morgan fingerprint density at radius 1 is 1.32 bits per heavy atom. The molecule has 6 heteroatoms. The van der Waals surface area contributed by atoms with Crippen LogP contribution >= 0.6 is 0 Å². The quantitative estimate of drug-likeness (QED) is 0.650.